The van der Waals surface area contributed by atoms with Crippen LogP contribution in [-0.2, 0) is 34.7 Å². The van der Waals surface area contributed by atoms with Gasteiger partial charge in [0.1, 0.15) is 35.7 Å². The van der Waals surface area contributed by atoms with E-state index < -0.39 is 78.9 Å². The number of halogens is 3. The predicted octanol–water partition coefficient (Wildman–Crippen LogP) is 2.73. The van der Waals surface area contributed by atoms with Gasteiger partial charge in [-0.05, 0) is 40.2 Å². The first-order valence-corrected chi connectivity index (χ1v) is 13.6. The number of fused-ring (bicyclic) bond motifs is 1. The summed E-state index contributed by atoms with van der Waals surface area (Å²) in [4.78, 5) is 52.7. The Kier molecular flexibility index (Phi) is 8.44. The summed E-state index contributed by atoms with van der Waals surface area (Å²) >= 11 is 17.0. The highest BCUT2D eigenvalue weighted by atomic mass is 35.6. The number of hydrogen-bond acceptors (Lipinski definition) is 7. The molecule has 2 heterocycles. The van der Waals surface area contributed by atoms with Crippen LogP contribution in [0.15, 0.2) is 30.3 Å². The van der Waals surface area contributed by atoms with Gasteiger partial charge in [0.15, 0.2) is 0 Å². The number of amides is 3. The lowest BCUT2D eigenvalue weighted by atomic mass is 9.95. The molecule has 10 nitrogen and oxygen atoms in total. The van der Waals surface area contributed by atoms with Crippen LogP contribution in [0.4, 0.5) is 4.79 Å². The highest BCUT2D eigenvalue weighted by Gasteiger charge is 2.68. The molecule has 5 atom stereocenters. The molecule has 2 aliphatic heterocycles. The number of β-lactam (4-membered cyclic amide) rings is 1. The van der Waals surface area contributed by atoms with Crippen LogP contribution in [0.25, 0.3) is 0 Å². The van der Waals surface area contributed by atoms with Crippen molar-refractivity contribution in [2.75, 3.05) is 6.61 Å². The Hall–Kier alpha value is -2.08. The van der Waals surface area contributed by atoms with E-state index in [1.807, 2.05) is 0 Å². The van der Waals surface area contributed by atoms with E-state index in [0.29, 0.717) is 5.56 Å². The molecule has 1 aromatic carbocycles. The summed E-state index contributed by atoms with van der Waals surface area (Å²) in [6.07, 6.45) is -0.833. The van der Waals surface area contributed by atoms with E-state index in [-0.39, 0.29) is 0 Å². The molecular weight excluding hydrogens is 569 g/mol. The Morgan fingerprint density at radius 3 is 2.27 bits per heavy atom. The summed E-state index contributed by atoms with van der Waals surface area (Å²) in [5.41, 5.74) is -0.367. The van der Waals surface area contributed by atoms with E-state index in [4.69, 9.17) is 44.3 Å². The van der Waals surface area contributed by atoms with Crippen molar-refractivity contribution < 1.29 is 32.9 Å². The maximum Gasteiger partial charge on any atom is 0.408 e. The van der Waals surface area contributed by atoms with Gasteiger partial charge in [-0.2, -0.15) is 0 Å². The number of alkyl carbamates (subject to hydrolysis) is 1. The summed E-state index contributed by atoms with van der Waals surface area (Å²) in [6, 6.07) is 4.76. The van der Waals surface area contributed by atoms with Gasteiger partial charge < -0.3 is 25.0 Å². The third-order valence-corrected chi connectivity index (χ3v) is 8.24. The van der Waals surface area contributed by atoms with Crippen molar-refractivity contribution in [2.45, 2.75) is 72.3 Å². The Morgan fingerprint density at radius 2 is 1.73 bits per heavy atom. The van der Waals surface area contributed by atoms with Crippen LogP contribution < -0.4 is 10.6 Å². The molecule has 0 bridgehead atoms. The molecule has 204 valence electrons. The van der Waals surface area contributed by atoms with Crippen LogP contribution in [0.3, 0.4) is 0 Å². The average Bonchev–Trinajstić information content (AvgIpc) is 2.96. The highest BCUT2D eigenvalue weighted by molar-refractivity contribution is 7.87. The maximum absolute atomic E-state index is 13.3. The number of alkyl halides is 3. The molecule has 2 saturated heterocycles. The van der Waals surface area contributed by atoms with E-state index >= 15 is 0 Å². The first kappa shape index (κ1) is 29.5. The number of carbonyl (C=O) groups excluding carboxylic acids is 4. The number of nitrogens with one attached hydrogen (secondary N) is 2. The topological polar surface area (TPSA) is 131 Å². The van der Waals surface area contributed by atoms with E-state index in [1.165, 1.54) is 0 Å². The number of rotatable bonds is 6. The molecular formula is C23H28Cl3N3O7S. The number of hydrogen-bond donors (Lipinski definition) is 2. The van der Waals surface area contributed by atoms with E-state index in [2.05, 4.69) is 10.6 Å². The SMILES string of the molecule is CC(C)(C)OC(=O)NC(C(=O)NC1C(=O)N2C(C(=O)OCC(Cl)(Cl)Cl)C(C)(C)S(=O)[C@@H]12)c1ccccc1. The molecule has 37 heavy (non-hydrogen) atoms. The van der Waals surface area contributed by atoms with Crippen LogP contribution in [-0.4, -0.2) is 71.2 Å². The molecule has 2 N–H and O–H groups in total. The molecule has 2 aliphatic rings. The van der Waals surface area contributed by atoms with Gasteiger partial charge in [0.05, 0.1) is 15.5 Å². The number of ether oxygens (including phenoxy) is 2. The first-order valence-electron chi connectivity index (χ1n) is 11.2. The van der Waals surface area contributed by atoms with Gasteiger partial charge in [0.25, 0.3) is 0 Å². The van der Waals surface area contributed by atoms with Crippen LogP contribution >= 0.6 is 34.8 Å². The monoisotopic (exact) mass is 595 g/mol. The molecule has 0 radical (unpaired) electrons. The van der Waals surface area contributed by atoms with Crippen molar-refractivity contribution in [2.24, 2.45) is 0 Å². The number of nitrogens with zero attached hydrogens (tertiary/aromatic N) is 1. The van der Waals surface area contributed by atoms with Crippen molar-refractivity contribution in [3.05, 3.63) is 35.9 Å². The minimum absolute atomic E-state index is 0.440. The van der Waals surface area contributed by atoms with Crippen molar-refractivity contribution in [3.63, 3.8) is 0 Å². The lowest BCUT2D eigenvalue weighted by Gasteiger charge is -2.43. The second-order valence-corrected chi connectivity index (χ2v) is 14.8. The standard InChI is InChI=1S/C23H28Cl3N3O7S/c1-21(2,3)36-20(33)28-13(12-9-7-6-8-10-12)16(30)27-14-17(31)29-15(19(32)35-11-23(24,25)26)22(4,5)37(34)18(14)29/h6-10,13-15,18H,11H2,1-5H3,(H,27,30)(H,28,33)/t13?,14?,15?,18-,37?/m0/s1. The smallest absolute Gasteiger partial charge is 0.408 e. The Bertz CT molecular complexity index is 1110. The van der Waals surface area contributed by atoms with Gasteiger partial charge in [-0.15, -0.1) is 0 Å². The third kappa shape index (κ3) is 6.50. The average molecular weight is 597 g/mol. The molecule has 14 heteroatoms. The van der Waals surface area contributed by atoms with Gasteiger partial charge in [-0.25, -0.2) is 9.59 Å². The maximum atomic E-state index is 13.3. The zero-order chi connectivity index (χ0) is 27.9. The van der Waals surface area contributed by atoms with Crippen molar-refractivity contribution in [3.8, 4) is 0 Å². The Labute approximate surface area is 232 Å². The van der Waals surface area contributed by atoms with Gasteiger partial charge >= 0.3 is 12.1 Å². The van der Waals surface area contributed by atoms with E-state index in [0.717, 1.165) is 4.90 Å². The summed E-state index contributed by atoms with van der Waals surface area (Å²) < 4.78 is 20.6. The van der Waals surface area contributed by atoms with Gasteiger partial charge in [0, 0.05) is 0 Å². The molecule has 2 fully saturated rings. The molecule has 4 unspecified atom stereocenters. The largest absolute Gasteiger partial charge is 0.460 e. The van der Waals surface area contributed by atoms with Crippen molar-refractivity contribution in [1.29, 1.82) is 0 Å². The fourth-order valence-electron chi connectivity index (χ4n) is 4.11. The third-order valence-electron chi connectivity index (χ3n) is 5.71. The van der Waals surface area contributed by atoms with Crippen molar-refractivity contribution >= 4 is 69.5 Å². The zero-order valence-electron chi connectivity index (χ0n) is 20.8. The van der Waals surface area contributed by atoms with E-state index in [9.17, 15) is 23.4 Å². The summed E-state index contributed by atoms with van der Waals surface area (Å²) in [5, 5.41) is 4.11. The number of esters is 1. The first-order chi connectivity index (χ1) is 16.9. The second-order valence-electron chi connectivity index (χ2n) is 10.1. The summed E-state index contributed by atoms with van der Waals surface area (Å²) in [7, 11) is -1.77. The van der Waals surface area contributed by atoms with Gasteiger partial charge in [0.2, 0.25) is 15.6 Å². The number of benzene rings is 1. The van der Waals surface area contributed by atoms with Crippen LogP contribution in [0.5, 0.6) is 0 Å². The normalized spacial score (nSPS) is 25.4. The minimum atomic E-state index is -1.86. The van der Waals surface area contributed by atoms with Crippen LogP contribution in [0, 0.1) is 0 Å². The fourth-order valence-corrected chi connectivity index (χ4v) is 6.19. The Balaban J connectivity index is 1.79. The lowest BCUT2D eigenvalue weighted by Crippen LogP contribution is -2.72. The van der Waals surface area contributed by atoms with Crippen LogP contribution in [0.2, 0.25) is 0 Å². The molecule has 0 spiro atoms. The molecule has 0 aliphatic carbocycles. The van der Waals surface area contributed by atoms with Crippen molar-refractivity contribution in [1.82, 2.24) is 15.5 Å². The highest BCUT2D eigenvalue weighted by Crippen LogP contribution is 2.44. The quantitative estimate of drug-likeness (QED) is 0.293. The zero-order valence-corrected chi connectivity index (χ0v) is 23.8. The number of carbonyl (C=O) groups is 4. The molecule has 1 aromatic rings. The van der Waals surface area contributed by atoms with Crippen LogP contribution in [0.1, 0.15) is 46.2 Å². The van der Waals surface area contributed by atoms with Gasteiger partial charge in [-0.3, -0.25) is 13.8 Å². The summed E-state index contributed by atoms with van der Waals surface area (Å²) in [6.45, 7) is 7.57. The molecule has 0 aromatic heterocycles. The van der Waals surface area contributed by atoms with Gasteiger partial charge in [-0.1, -0.05) is 65.1 Å². The lowest BCUT2D eigenvalue weighted by molar-refractivity contribution is -0.164. The minimum Gasteiger partial charge on any atom is -0.460 e. The molecule has 3 amide bonds. The molecule has 3 rings (SSSR count). The Morgan fingerprint density at radius 1 is 1.14 bits per heavy atom. The fraction of sp³-hybridized carbons (Fsp3) is 0.565. The van der Waals surface area contributed by atoms with E-state index in [1.54, 1.807) is 65.0 Å². The molecule has 0 saturated carbocycles. The summed E-state index contributed by atoms with van der Waals surface area (Å²) in [5.74, 6) is -2.22. The predicted molar refractivity (Wildman–Crippen MR) is 138 cm³/mol. The second kappa shape index (κ2) is 10.6.